The van der Waals surface area contributed by atoms with Gasteiger partial charge in [0.15, 0.2) is 0 Å². The summed E-state index contributed by atoms with van der Waals surface area (Å²) in [5, 5.41) is 3.27. The highest BCUT2D eigenvalue weighted by Gasteiger charge is 2.07. The van der Waals surface area contributed by atoms with E-state index in [1.807, 2.05) is 33.2 Å². The third-order valence-corrected chi connectivity index (χ3v) is 3.92. The van der Waals surface area contributed by atoms with Crippen LogP contribution in [0, 0.1) is 6.92 Å². The number of nitrogens with zero attached hydrogens (tertiary/aromatic N) is 2. The van der Waals surface area contributed by atoms with Crippen LogP contribution in [-0.2, 0) is 0 Å². The Morgan fingerprint density at radius 3 is 2.42 bits per heavy atom. The summed E-state index contributed by atoms with van der Waals surface area (Å²) in [4.78, 5) is 6.36. The van der Waals surface area contributed by atoms with Gasteiger partial charge in [0.1, 0.15) is 5.82 Å². The molecule has 19 heavy (non-hydrogen) atoms. The first-order valence-corrected chi connectivity index (χ1v) is 6.73. The number of aromatic nitrogens is 1. The smallest absolute Gasteiger partial charge is 0.145 e. The third kappa shape index (κ3) is 2.98. The Bertz CT molecular complexity index is 579. The van der Waals surface area contributed by atoms with Gasteiger partial charge in [-0.25, -0.2) is 4.98 Å². The van der Waals surface area contributed by atoms with E-state index in [2.05, 4.69) is 43.3 Å². The van der Waals surface area contributed by atoms with Crippen LogP contribution < -0.4 is 16.0 Å². The van der Waals surface area contributed by atoms with Crippen LogP contribution in [0.5, 0.6) is 0 Å². The second-order valence-electron chi connectivity index (χ2n) is 4.57. The van der Waals surface area contributed by atoms with Crippen molar-refractivity contribution in [3.05, 3.63) is 40.5 Å². The van der Waals surface area contributed by atoms with E-state index in [1.54, 1.807) is 6.20 Å². The molecule has 100 valence electrons. The van der Waals surface area contributed by atoms with E-state index < -0.39 is 0 Å². The van der Waals surface area contributed by atoms with Gasteiger partial charge in [0, 0.05) is 25.5 Å². The first-order chi connectivity index (χ1) is 8.99. The highest BCUT2D eigenvalue weighted by molar-refractivity contribution is 9.10. The van der Waals surface area contributed by atoms with Crippen LogP contribution in [0.15, 0.2) is 34.9 Å². The van der Waals surface area contributed by atoms with Crippen molar-refractivity contribution in [2.75, 3.05) is 30.0 Å². The Kier molecular flexibility index (Phi) is 3.95. The third-order valence-electron chi connectivity index (χ3n) is 2.95. The number of hydrogen-bond acceptors (Lipinski definition) is 4. The molecule has 0 aliphatic carbocycles. The van der Waals surface area contributed by atoms with E-state index in [0.29, 0.717) is 5.69 Å². The van der Waals surface area contributed by atoms with Gasteiger partial charge in [-0.3, -0.25) is 0 Å². The second kappa shape index (κ2) is 5.48. The minimum absolute atomic E-state index is 0.681. The average molecular weight is 321 g/mol. The maximum absolute atomic E-state index is 5.81. The second-order valence-corrected chi connectivity index (χ2v) is 5.36. The van der Waals surface area contributed by atoms with E-state index in [-0.39, 0.29) is 0 Å². The first kappa shape index (κ1) is 13.7. The number of rotatable bonds is 3. The van der Waals surface area contributed by atoms with Gasteiger partial charge in [-0.1, -0.05) is 0 Å². The number of benzene rings is 1. The lowest BCUT2D eigenvalue weighted by molar-refractivity contribution is 1.13. The lowest BCUT2D eigenvalue weighted by Gasteiger charge is -2.14. The van der Waals surface area contributed by atoms with Gasteiger partial charge in [-0.05, 0) is 52.7 Å². The average Bonchev–Trinajstić information content (AvgIpc) is 2.40. The Labute approximate surface area is 121 Å². The highest BCUT2D eigenvalue weighted by atomic mass is 79.9. The summed E-state index contributed by atoms with van der Waals surface area (Å²) in [6.07, 6.45) is 1.66. The lowest BCUT2D eigenvalue weighted by atomic mass is 10.2. The molecule has 5 heteroatoms. The molecule has 1 aromatic carbocycles. The topological polar surface area (TPSA) is 54.2 Å². The van der Waals surface area contributed by atoms with E-state index in [9.17, 15) is 0 Å². The Balaban J connectivity index is 2.24. The molecule has 0 fully saturated rings. The van der Waals surface area contributed by atoms with E-state index in [0.717, 1.165) is 27.2 Å². The van der Waals surface area contributed by atoms with Crippen LogP contribution in [0.2, 0.25) is 0 Å². The summed E-state index contributed by atoms with van der Waals surface area (Å²) in [7, 11) is 4.04. The summed E-state index contributed by atoms with van der Waals surface area (Å²) < 4.78 is 0.893. The zero-order chi connectivity index (χ0) is 14.0. The van der Waals surface area contributed by atoms with E-state index in [1.165, 1.54) is 0 Å². The number of nitrogen functional groups attached to an aromatic ring is 1. The van der Waals surface area contributed by atoms with Gasteiger partial charge >= 0.3 is 0 Å². The van der Waals surface area contributed by atoms with Crippen molar-refractivity contribution < 1.29 is 0 Å². The fourth-order valence-electron chi connectivity index (χ4n) is 1.66. The number of nitrogens with two attached hydrogens (primary N) is 1. The van der Waals surface area contributed by atoms with Crippen molar-refractivity contribution in [3.63, 3.8) is 0 Å². The minimum Gasteiger partial charge on any atom is -0.397 e. The SMILES string of the molecule is Cc1c(N)cnc(Nc2ccc(N(C)C)cc2)c1Br. The summed E-state index contributed by atoms with van der Waals surface area (Å²) in [6, 6.07) is 8.16. The lowest BCUT2D eigenvalue weighted by Crippen LogP contribution is -2.08. The molecule has 0 aliphatic rings. The molecule has 0 atom stereocenters. The fraction of sp³-hybridized carbons (Fsp3) is 0.214. The minimum atomic E-state index is 0.681. The highest BCUT2D eigenvalue weighted by Crippen LogP contribution is 2.30. The van der Waals surface area contributed by atoms with Gasteiger partial charge in [0.2, 0.25) is 0 Å². The Morgan fingerprint density at radius 1 is 1.21 bits per heavy atom. The van der Waals surface area contributed by atoms with Crippen LogP contribution in [0.25, 0.3) is 0 Å². The first-order valence-electron chi connectivity index (χ1n) is 5.94. The molecule has 1 aromatic heterocycles. The largest absolute Gasteiger partial charge is 0.397 e. The van der Waals surface area contributed by atoms with Crippen LogP contribution in [0.1, 0.15) is 5.56 Å². The monoisotopic (exact) mass is 320 g/mol. The Morgan fingerprint density at radius 2 is 1.84 bits per heavy atom. The number of nitrogens with one attached hydrogen (secondary N) is 1. The molecule has 0 unspecified atom stereocenters. The summed E-state index contributed by atoms with van der Waals surface area (Å²) in [5.74, 6) is 0.768. The van der Waals surface area contributed by atoms with Gasteiger partial charge in [0.25, 0.3) is 0 Å². The number of hydrogen-bond donors (Lipinski definition) is 2. The van der Waals surface area contributed by atoms with Gasteiger partial charge < -0.3 is 16.0 Å². The standard InChI is InChI=1S/C14H17BrN4/c1-9-12(16)8-17-14(13(9)15)18-10-4-6-11(7-5-10)19(2)3/h4-8H,16H2,1-3H3,(H,17,18). The van der Waals surface area contributed by atoms with Crippen LogP contribution in [-0.4, -0.2) is 19.1 Å². The maximum Gasteiger partial charge on any atom is 0.145 e. The molecule has 0 spiro atoms. The number of pyridine rings is 1. The molecule has 0 aliphatic heterocycles. The molecule has 0 radical (unpaired) electrons. The van der Waals surface area contributed by atoms with E-state index in [4.69, 9.17) is 5.73 Å². The van der Waals surface area contributed by atoms with Gasteiger partial charge in [-0.2, -0.15) is 0 Å². The zero-order valence-corrected chi connectivity index (χ0v) is 12.8. The molecular weight excluding hydrogens is 304 g/mol. The van der Waals surface area contributed by atoms with Crippen molar-refractivity contribution in [1.82, 2.24) is 4.98 Å². The molecular formula is C14H17BrN4. The summed E-state index contributed by atoms with van der Waals surface area (Å²) in [6.45, 7) is 1.96. The molecule has 0 bridgehead atoms. The maximum atomic E-state index is 5.81. The van der Waals surface area contributed by atoms with Crippen molar-refractivity contribution in [3.8, 4) is 0 Å². The Hall–Kier alpha value is -1.75. The molecule has 4 nitrogen and oxygen atoms in total. The van der Waals surface area contributed by atoms with Gasteiger partial charge in [-0.15, -0.1) is 0 Å². The number of halogens is 1. The molecule has 3 N–H and O–H groups in total. The molecule has 2 rings (SSSR count). The van der Waals surface area contributed by atoms with Crippen LogP contribution in [0.3, 0.4) is 0 Å². The predicted octanol–water partition coefficient (Wildman–Crippen LogP) is 3.54. The normalized spacial score (nSPS) is 10.3. The fourth-order valence-corrected chi connectivity index (χ4v) is 2.09. The summed E-state index contributed by atoms with van der Waals surface area (Å²) in [5.41, 5.74) is 9.63. The molecule has 0 saturated carbocycles. The summed E-state index contributed by atoms with van der Waals surface area (Å²) >= 11 is 3.51. The predicted molar refractivity (Wildman–Crippen MR) is 85.1 cm³/mol. The van der Waals surface area contributed by atoms with Gasteiger partial charge in [0.05, 0.1) is 16.4 Å². The van der Waals surface area contributed by atoms with Crippen molar-refractivity contribution >= 4 is 38.8 Å². The van der Waals surface area contributed by atoms with Crippen molar-refractivity contribution in [1.29, 1.82) is 0 Å². The molecule has 0 saturated heterocycles. The number of anilines is 4. The van der Waals surface area contributed by atoms with Crippen molar-refractivity contribution in [2.45, 2.75) is 6.92 Å². The quantitative estimate of drug-likeness (QED) is 0.908. The zero-order valence-electron chi connectivity index (χ0n) is 11.2. The molecule has 1 heterocycles. The molecule has 2 aromatic rings. The van der Waals surface area contributed by atoms with Crippen molar-refractivity contribution in [2.24, 2.45) is 0 Å². The van der Waals surface area contributed by atoms with E-state index >= 15 is 0 Å². The molecule has 0 amide bonds. The van der Waals surface area contributed by atoms with Crippen LogP contribution in [0.4, 0.5) is 22.9 Å². The van der Waals surface area contributed by atoms with Crippen LogP contribution >= 0.6 is 15.9 Å².